The number of amides is 1. The summed E-state index contributed by atoms with van der Waals surface area (Å²) in [6.07, 6.45) is 1.61. The van der Waals surface area contributed by atoms with Crippen molar-refractivity contribution in [3.05, 3.63) is 87.3 Å². The molecule has 2 N–H and O–H groups in total. The third kappa shape index (κ3) is 4.61. The van der Waals surface area contributed by atoms with Gasteiger partial charge in [0.05, 0.1) is 0 Å². The van der Waals surface area contributed by atoms with Crippen molar-refractivity contribution < 1.29 is 4.79 Å². The maximum absolute atomic E-state index is 12.2. The van der Waals surface area contributed by atoms with Crippen molar-refractivity contribution in [2.24, 2.45) is 0 Å². The molecule has 0 unspecified atom stereocenters. The van der Waals surface area contributed by atoms with Crippen LogP contribution in [0.2, 0.25) is 0 Å². The van der Waals surface area contributed by atoms with E-state index >= 15 is 0 Å². The summed E-state index contributed by atoms with van der Waals surface area (Å²) in [7, 11) is 0. The van der Waals surface area contributed by atoms with E-state index in [1.54, 1.807) is 19.2 Å². The number of carbonyl (C=O) groups is 1. The second-order valence-corrected chi connectivity index (χ2v) is 6.81. The van der Waals surface area contributed by atoms with Crippen molar-refractivity contribution >= 4 is 38.9 Å². The molecular formula is C20H18BrN3O2. The van der Waals surface area contributed by atoms with Crippen LogP contribution in [0.25, 0.3) is 0 Å². The molecule has 6 heteroatoms. The molecule has 2 aromatic carbocycles. The number of carbonyl (C=O) groups excluding carboxylic acids is 1. The lowest BCUT2D eigenvalue weighted by molar-refractivity contribution is -0.116. The fraction of sp³-hybridized carbons (Fsp3) is 0.100. The van der Waals surface area contributed by atoms with E-state index in [2.05, 4.69) is 26.6 Å². The van der Waals surface area contributed by atoms with Crippen LogP contribution in [0.1, 0.15) is 5.56 Å². The average Bonchev–Trinajstić information content (AvgIpc) is 2.62. The number of halogens is 1. The Balaban J connectivity index is 1.64. The zero-order chi connectivity index (χ0) is 18.5. The monoisotopic (exact) mass is 411 g/mol. The minimum atomic E-state index is -0.256. The Morgan fingerprint density at radius 3 is 2.31 bits per heavy atom. The van der Waals surface area contributed by atoms with Gasteiger partial charge in [-0.05, 0) is 65.3 Å². The predicted molar refractivity (Wildman–Crippen MR) is 108 cm³/mol. The Morgan fingerprint density at radius 2 is 1.62 bits per heavy atom. The summed E-state index contributed by atoms with van der Waals surface area (Å²) >= 11 is 3.34. The third-order valence-electron chi connectivity index (χ3n) is 3.78. The van der Waals surface area contributed by atoms with Crippen molar-refractivity contribution in [3.8, 4) is 0 Å². The predicted octanol–water partition coefficient (Wildman–Crippen LogP) is 4.30. The maximum atomic E-state index is 12.2. The number of aryl methyl sites for hydroxylation is 1. The Morgan fingerprint density at radius 1 is 1.00 bits per heavy atom. The normalized spacial score (nSPS) is 10.4. The van der Waals surface area contributed by atoms with Crippen LogP contribution < -0.4 is 16.2 Å². The van der Waals surface area contributed by atoms with Crippen LogP contribution in [0.3, 0.4) is 0 Å². The van der Waals surface area contributed by atoms with Gasteiger partial charge in [-0.1, -0.05) is 18.2 Å². The summed E-state index contributed by atoms with van der Waals surface area (Å²) in [5, 5.41) is 6.09. The fourth-order valence-electron chi connectivity index (χ4n) is 2.54. The zero-order valence-corrected chi connectivity index (χ0v) is 15.8. The molecule has 0 saturated heterocycles. The average molecular weight is 412 g/mol. The van der Waals surface area contributed by atoms with Crippen molar-refractivity contribution in [2.75, 3.05) is 10.6 Å². The summed E-state index contributed by atoms with van der Waals surface area (Å²) in [5.41, 5.74) is 3.00. The Labute approximate surface area is 159 Å². The van der Waals surface area contributed by atoms with Crippen LogP contribution in [-0.4, -0.2) is 10.5 Å². The highest BCUT2D eigenvalue weighted by Gasteiger charge is 2.08. The summed E-state index contributed by atoms with van der Waals surface area (Å²) in [4.78, 5) is 24.3. The molecule has 0 aliphatic heterocycles. The van der Waals surface area contributed by atoms with E-state index in [0.717, 1.165) is 15.8 Å². The van der Waals surface area contributed by atoms with Crippen LogP contribution in [0, 0.1) is 6.92 Å². The van der Waals surface area contributed by atoms with Crippen LogP contribution in [0.15, 0.2) is 76.1 Å². The molecule has 1 heterocycles. The van der Waals surface area contributed by atoms with E-state index in [4.69, 9.17) is 0 Å². The molecule has 132 valence electrons. The summed E-state index contributed by atoms with van der Waals surface area (Å²) < 4.78 is 2.15. The summed E-state index contributed by atoms with van der Waals surface area (Å²) in [6, 6.07) is 19.0. The van der Waals surface area contributed by atoms with Crippen molar-refractivity contribution in [1.82, 2.24) is 4.57 Å². The first-order valence-corrected chi connectivity index (χ1v) is 8.89. The number of rotatable bonds is 5. The molecule has 3 aromatic rings. The molecule has 1 amide bonds. The Kier molecular flexibility index (Phi) is 5.53. The molecule has 1 aromatic heterocycles. The quantitative estimate of drug-likeness (QED) is 0.657. The van der Waals surface area contributed by atoms with Crippen molar-refractivity contribution in [1.29, 1.82) is 0 Å². The van der Waals surface area contributed by atoms with E-state index < -0.39 is 0 Å². The van der Waals surface area contributed by atoms with E-state index in [1.165, 1.54) is 4.57 Å². The molecule has 0 aliphatic carbocycles. The molecule has 0 radical (unpaired) electrons. The van der Waals surface area contributed by atoms with Gasteiger partial charge in [-0.3, -0.25) is 9.59 Å². The number of hydrogen-bond donors (Lipinski definition) is 2. The molecule has 0 atom stereocenters. The van der Waals surface area contributed by atoms with Crippen LogP contribution >= 0.6 is 15.9 Å². The molecule has 5 nitrogen and oxygen atoms in total. The topological polar surface area (TPSA) is 63.1 Å². The largest absolute Gasteiger partial charge is 0.356 e. The van der Waals surface area contributed by atoms with Gasteiger partial charge in [0, 0.05) is 33.3 Å². The summed E-state index contributed by atoms with van der Waals surface area (Å²) in [5.74, 6) is -0.256. The standard InChI is InChI=1S/C20H18BrN3O2/c1-14-11-15(21)12-24(20(14)26)13-19(25)23-18-9-7-17(8-10-18)22-16-5-3-2-4-6-16/h2-12,22H,13H2,1H3,(H,23,25). The first-order chi connectivity index (χ1) is 12.5. The molecular weight excluding hydrogens is 394 g/mol. The summed E-state index contributed by atoms with van der Waals surface area (Å²) in [6.45, 7) is 1.68. The lowest BCUT2D eigenvalue weighted by atomic mass is 10.2. The van der Waals surface area contributed by atoms with Gasteiger partial charge in [-0.25, -0.2) is 0 Å². The van der Waals surface area contributed by atoms with E-state index in [1.807, 2.05) is 54.6 Å². The molecule has 0 saturated carbocycles. The first kappa shape index (κ1) is 17.9. The smallest absolute Gasteiger partial charge is 0.253 e. The minimum absolute atomic E-state index is 0.0386. The van der Waals surface area contributed by atoms with Crippen LogP contribution in [0.5, 0.6) is 0 Å². The van der Waals surface area contributed by atoms with Crippen LogP contribution in [-0.2, 0) is 11.3 Å². The Bertz CT molecular complexity index is 967. The second kappa shape index (κ2) is 8.01. The molecule has 0 fully saturated rings. The van der Waals surface area contributed by atoms with Gasteiger partial charge in [0.15, 0.2) is 0 Å². The number of pyridine rings is 1. The number of benzene rings is 2. The maximum Gasteiger partial charge on any atom is 0.253 e. The highest BCUT2D eigenvalue weighted by molar-refractivity contribution is 9.10. The van der Waals surface area contributed by atoms with Gasteiger partial charge in [-0.2, -0.15) is 0 Å². The third-order valence-corrected chi connectivity index (χ3v) is 4.21. The number of nitrogens with zero attached hydrogens (tertiary/aromatic N) is 1. The van der Waals surface area contributed by atoms with Gasteiger partial charge in [-0.15, -0.1) is 0 Å². The zero-order valence-electron chi connectivity index (χ0n) is 14.2. The van der Waals surface area contributed by atoms with Crippen molar-refractivity contribution in [2.45, 2.75) is 13.5 Å². The minimum Gasteiger partial charge on any atom is -0.356 e. The SMILES string of the molecule is Cc1cc(Br)cn(CC(=O)Nc2ccc(Nc3ccccc3)cc2)c1=O. The molecule has 3 rings (SSSR count). The number of hydrogen-bond acceptors (Lipinski definition) is 3. The number of para-hydroxylation sites is 1. The molecule has 0 aliphatic rings. The van der Waals surface area contributed by atoms with Gasteiger partial charge < -0.3 is 15.2 Å². The molecule has 26 heavy (non-hydrogen) atoms. The van der Waals surface area contributed by atoms with Crippen LogP contribution in [0.4, 0.5) is 17.1 Å². The number of anilines is 3. The van der Waals surface area contributed by atoms with E-state index in [0.29, 0.717) is 11.3 Å². The van der Waals surface area contributed by atoms with Gasteiger partial charge in [0.2, 0.25) is 5.91 Å². The lowest BCUT2D eigenvalue weighted by Crippen LogP contribution is -2.28. The lowest BCUT2D eigenvalue weighted by Gasteiger charge is -2.10. The Hall–Kier alpha value is -2.86. The second-order valence-electron chi connectivity index (χ2n) is 5.89. The van der Waals surface area contributed by atoms with Gasteiger partial charge in [0.1, 0.15) is 6.54 Å². The van der Waals surface area contributed by atoms with Gasteiger partial charge in [0.25, 0.3) is 5.56 Å². The number of aromatic nitrogens is 1. The van der Waals surface area contributed by atoms with Gasteiger partial charge >= 0.3 is 0 Å². The molecule has 0 bridgehead atoms. The molecule has 0 spiro atoms. The first-order valence-electron chi connectivity index (χ1n) is 8.10. The number of nitrogens with one attached hydrogen (secondary N) is 2. The van der Waals surface area contributed by atoms with E-state index in [-0.39, 0.29) is 18.0 Å². The highest BCUT2D eigenvalue weighted by atomic mass is 79.9. The fourth-order valence-corrected chi connectivity index (χ4v) is 3.13. The van der Waals surface area contributed by atoms with Crippen molar-refractivity contribution in [3.63, 3.8) is 0 Å². The van der Waals surface area contributed by atoms with E-state index in [9.17, 15) is 9.59 Å². The highest BCUT2D eigenvalue weighted by Crippen LogP contribution is 2.18.